The summed E-state index contributed by atoms with van der Waals surface area (Å²) < 4.78 is 38.6. The Bertz CT molecular complexity index is 456. The third-order valence-electron chi connectivity index (χ3n) is 3.24. The van der Waals surface area contributed by atoms with Crippen molar-refractivity contribution in [2.75, 3.05) is 12.4 Å². The summed E-state index contributed by atoms with van der Waals surface area (Å²) in [5.74, 6) is -0.0345. The highest BCUT2D eigenvalue weighted by Crippen LogP contribution is 2.31. The number of rotatable bonds is 7. The summed E-state index contributed by atoms with van der Waals surface area (Å²) in [6, 6.07) is 4.80. The van der Waals surface area contributed by atoms with Gasteiger partial charge in [-0.1, -0.05) is 25.5 Å². The molecule has 0 fully saturated rings. The second-order valence-corrected chi connectivity index (χ2v) is 5.26. The predicted molar refractivity (Wildman–Crippen MR) is 77.5 cm³/mol. The topological polar surface area (TPSA) is 29.1 Å². The van der Waals surface area contributed by atoms with Crippen LogP contribution in [0.5, 0.6) is 0 Å². The number of hydrogen-bond donors (Lipinski definition) is 1. The zero-order valence-corrected chi connectivity index (χ0v) is 12.6. The van der Waals surface area contributed by atoms with E-state index in [9.17, 15) is 18.0 Å². The molecule has 0 aliphatic carbocycles. The van der Waals surface area contributed by atoms with Crippen LogP contribution in [0.25, 0.3) is 0 Å². The lowest BCUT2D eigenvalue weighted by atomic mass is 10.00. The summed E-state index contributed by atoms with van der Waals surface area (Å²) in [6.07, 6.45) is -1.98. The van der Waals surface area contributed by atoms with E-state index in [1.54, 1.807) is 0 Å². The molecule has 1 rings (SSSR count). The summed E-state index contributed by atoms with van der Waals surface area (Å²) in [5, 5.41) is 2.58. The van der Waals surface area contributed by atoms with Crippen LogP contribution in [0.15, 0.2) is 24.3 Å². The number of hydrogen-bond acceptors (Lipinski definition) is 1. The molecule has 21 heavy (non-hydrogen) atoms. The second-order valence-electron chi connectivity index (χ2n) is 4.89. The number of alkyl halides is 4. The Balaban J connectivity index is 2.76. The van der Waals surface area contributed by atoms with Crippen LogP contribution in [0.3, 0.4) is 0 Å². The maximum Gasteiger partial charge on any atom is 0.417 e. The molecular weight excluding hydrogens is 303 g/mol. The predicted octanol–water partition coefficient (Wildman–Crippen LogP) is 4.48. The molecule has 1 unspecified atom stereocenters. The average molecular weight is 322 g/mol. The normalized spacial score (nSPS) is 13.0. The average Bonchev–Trinajstić information content (AvgIpc) is 2.44. The van der Waals surface area contributed by atoms with Crippen LogP contribution in [0, 0.1) is 5.92 Å². The number of benzene rings is 1. The minimum Gasteiger partial charge on any atom is -0.352 e. The zero-order chi connectivity index (χ0) is 15.9. The molecule has 0 saturated heterocycles. The van der Waals surface area contributed by atoms with Gasteiger partial charge in [0.25, 0.3) is 5.91 Å². The number of halogens is 4. The Morgan fingerprint density at radius 1 is 1.29 bits per heavy atom. The molecule has 0 heterocycles. The summed E-state index contributed by atoms with van der Waals surface area (Å²) in [5.41, 5.74) is -1.25. The van der Waals surface area contributed by atoms with Gasteiger partial charge in [0.2, 0.25) is 0 Å². The van der Waals surface area contributed by atoms with Gasteiger partial charge in [0, 0.05) is 12.4 Å². The van der Waals surface area contributed by atoms with Gasteiger partial charge >= 0.3 is 6.18 Å². The monoisotopic (exact) mass is 321 g/mol. The Hall–Kier alpha value is -1.23. The first kappa shape index (κ1) is 17.8. The van der Waals surface area contributed by atoms with E-state index in [1.807, 2.05) is 6.92 Å². The molecule has 0 radical (unpaired) electrons. The second kappa shape index (κ2) is 8.27. The summed E-state index contributed by atoms with van der Waals surface area (Å²) in [4.78, 5) is 12.0. The van der Waals surface area contributed by atoms with Crippen molar-refractivity contribution in [3.8, 4) is 0 Å². The van der Waals surface area contributed by atoms with Gasteiger partial charge in [0.05, 0.1) is 11.1 Å². The van der Waals surface area contributed by atoms with Crippen LogP contribution in [0.2, 0.25) is 0 Å². The molecule has 0 spiro atoms. The largest absolute Gasteiger partial charge is 0.417 e. The van der Waals surface area contributed by atoms with E-state index in [2.05, 4.69) is 5.32 Å². The fourth-order valence-electron chi connectivity index (χ4n) is 2.17. The quantitative estimate of drug-likeness (QED) is 0.737. The van der Waals surface area contributed by atoms with E-state index in [0.717, 1.165) is 25.3 Å². The van der Waals surface area contributed by atoms with Gasteiger partial charge < -0.3 is 5.32 Å². The molecule has 1 N–H and O–H groups in total. The Labute approximate surface area is 127 Å². The van der Waals surface area contributed by atoms with Crippen molar-refractivity contribution < 1.29 is 18.0 Å². The maximum atomic E-state index is 12.9. The van der Waals surface area contributed by atoms with E-state index in [-0.39, 0.29) is 11.5 Å². The highest BCUT2D eigenvalue weighted by molar-refractivity contribution is 6.17. The van der Waals surface area contributed by atoms with E-state index in [1.165, 1.54) is 18.2 Å². The van der Waals surface area contributed by atoms with Crippen LogP contribution in [0.1, 0.15) is 42.1 Å². The SMILES string of the molecule is CCCC(CCCl)CNC(=O)c1ccccc1C(F)(F)F. The molecule has 118 valence electrons. The van der Waals surface area contributed by atoms with Crippen molar-refractivity contribution in [3.05, 3.63) is 35.4 Å². The first-order valence-electron chi connectivity index (χ1n) is 6.90. The van der Waals surface area contributed by atoms with Crippen molar-refractivity contribution in [1.82, 2.24) is 5.32 Å². The highest BCUT2D eigenvalue weighted by atomic mass is 35.5. The molecule has 0 bridgehead atoms. The molecule has 6 heteroatoms. The molecular formula is C15H19ClF3NO. The summed E-state index contributed by atoms with van der Waals surface area (Å²) in [6.45, 7) is 2.35. The summed E-state index contributed by atoms with van der Waals surface area (Å²) in [7, 11) is 0. The van der Waals surface area contributed by atoms with Crippen molar-refractivity contribution >= 4 is 17.5 Å². The lowest BCUT2D eigenvalue weighted by Crippen LogP contribution is -2.31. The Kier molecular flexibility index (Phi) is 7.02. The van der Waals surface area contributed by atoms with Gasteiger partial charge in [0.15, 0.2) is 0 Å². The van der Waals surface area contributed by atoms with E-state index < -0.39 is 17.6 Å². The Morgan fingerprint density at radius 2 is 1.95 bits per heavy atom. The van der Waals surface area contributed by atoms with Gasteiger partial charge in [-0.2, -0.15) is 13.2 Å². The van der Waals surface area contributed by atoms with E-state index in [4.69, 9.17) is 11.6 Å². The molecule has 0 aromatic heterocycles. The number of nitrogens with one attached hydrogen (secondary N) is 1. The molecule has 0 saturated carbocycles. The minimum absolute atomic E-state index is 0.189. The van der Waals surface area contributed by atoms with Gasteiger partial charge in [0.1, 0.15) is 0 Å². The number of amides is 1. The first-order chi connectivity index (χ1) is 9.90. The maximum absolute atomic E-state index is 12.9. The van der Waals surface area contributed by atoms with Crippen molar-refractivity contribution in [1.29, 1.82) is 0 Å². The van der Waals surface area contributed by atoms with Crippen LogP contribution >= 0.6 is 11.6 Å². The lowest BCUT2D eigenvalue weighted by molar-refractivity contribution is -0.137. The molecule has 2 nitrogen and oxygen atoms in total. The third kappa shape index (κ3) is 5.58. The van der Waals surface area contributed by atoms with Crippen LogP contribution in [-0.4, -0.2) is 18.3 Å². The van der Waals surface area contributed by atoms with Crippen LogP contribution < -0.4 is 5.32 Å². The molecule has 0 aliphatic heterocycles. The molecule has 0 aliphatic rings. The van der Waals surface area contributed by atoms with Gasteiger partial charge in [-0.3, -0.25) is 4.79 Å². The van der Waals surface area contributed by atoms with E-state index >= 15 is 0 Å². The summed E-state index contributed by atoms with van der Waals surface area (Å²) >= 11 is 5.69. The zero-order valence-electron chi connectivity index (χ0n) is 11.8. The fourth-order valence-corrected chi connectivity index (χ4v) is 2.48. The third-order valence-corrected chi connectivity index (χ3v) is 3.46. The first-order valence-corrected chi connectivity index (χ1v) is 7.44. The lowest BCUT2D eigenvalue weighted by Gasteiger charge is -2.17. The van der Waals surface area contributed by atoms with Crippen molar-refractivity contribution in [2.45, 2.75) is 32.4 Å². The number of carbonyl (C=O) groups excluding carboxylic acids is 1. The highest BCUT2D eigenvalue weighted by Gasteiger charge is 2.34. The molecule has 1 aromatic rings. The van der Waals surface area contributed by atoms with Gasteiger partial charge in [-0.15, -0.1) is 11.6 Å². The minimum atomic E-state index is -4.53. The van der Waals surface area contributed by atoms with Gasteiger partial charge in [-0.05, 0) is 30.9 Å². The smallest absolute Gasteiger partial charge is 0.352 e. The van der Waals surface area contributed by atoms with Crippen LogP contribution in [0.4, 0.5) is 13.2 Å². The Morgan fingerprint density at radius 3 is 2.52 bits per heavy atom. The molecule has 1 atom stereocenters. The van der Waals surface area contributed by atoms with Gasteiger partial charge in [-0.25, -0.2) is 0 Å². The standard InChI is InChI=1S/C15H19ClF3NO/c1-2-5-11(8-9-16)10-20-14(21)12-6-3-4-7-13(12)15(17,18)19/h3-4,6-7,11H,2,5,8-10H2,1H3,(H,20,21). The molecule has 1 amide bonds. The van der Waals surface area contributed by atoms with E-state index in [0.29, 0.717) is 12.4 Å². The number of carbonyl (C=O) groups is 1. The van der Waals surface area contributed by atoms with Crippen molar-refractivity contribution in [3.63, 3.8) is 0 Å². The fraction of sp³-hybridized carbons (Fsp3) is 0.533. The van der Waals surface area contributed by atoms with Crippen LogP contribution in [-0.2, 0) is 6.18 Å². The molecule has 1 aromatic carbocycles. The van der Waals surface area contributed by atoms with Crippen molar-refractivity contribution in [2.24, 2.45) is 5.92 Å².